The van der Waals surface area contributed by atoms with Gasteiger partial charge in [-0.3, -0.25) is 24.7 Å². The Kier molecular flexibility index (Phi) is 4.29. The average Bonchev–Trinajstić information content (AvgIpc) is 3.44. The van der Waals surface area contributed by atoms with Crippen molar-refractivity contribution < 1.29 is 14.4 Å². The molecule has 4 heterocycles. The fourth-order valence-electron chi connectivity index (χ4n) is 4.51. The first-order chi connectivity index (χ1) is 16.1. The maximum atomic E-state index is 13.1. The van der Waals surface area contributed by atoms with Crippen LogP contribution in [-0.2, 0) is 16.1 Å². The van der Waals surface area contributed by atoms with Gasteiger partial charge in [-0.15, -0.1) is 5.10 Å². The van der Waals surface area contributed by atoms with Crippen LogP contribution < -0.4 is 5.32 Å². The molecule has 4 aromatic rings. The number of benzene rings is 2. The molecule has 162 valence electrons. The molecule has 0 aliphatic carbocycles. The lowest BCUT2D eigenvalue weighted by Crippen LogP contribution is -2.52. The zero-order valence-corrected chi connectivity index (χ0v) is 17.4. The van der Waals surface area contributed by atoms with Crippen molar-refractivity contribution in [3.05, 3.63) is 72.1 Å². The average molecular weight is 438 g/mol. The zero-order valence-electron chi connectivity index (χ0n) is 17.4. The minimum atomic E-state index is -0.636. The summed E-state index contributed by atoms with van der Waals surface area (Å²) in [6.07, 6.45) is 4.12. The maximum absolute atomic E-state index is 13.1. The quantitative estimate of drug-likeness (QED) is 0.491. The summed E-state index contributed by atoms with van der Waals surface area (Å²) >= 11 is 0. The molecule has 0 saturated carbocycles. The Morgan fingerprint density at radius 2 is 1.88 bits per heavy atom. The Morgan fingerprint density at radius 1 is 1.00 bits per heavy atom. The number of imide groups is 1. The first kappa shape index (κ1) is 19.3. The van der Waals surface area contributed by atoms with E-state index in [9.17, 15) is 14.4 Å². The first-order valence-corrected chi connectivity index (χ1v) is 10.6. The van der Waals surface area contributed by atoms with Gasteiger partial charge in [0.15, 0.2) is 0 Å². The minimum Gasteiger partial charge on any atom is -0.322 e. The van der Waals surface area contributed by atoms with Crippen LogP contribution in [0.3, 0.4) is 0 Å². The van der Waals surface area contributed by atoms with Gasteiger partial charge in [-0.25, -0.2) is 4.68 Å². The van der Waals surface area contributed by atoms with Crippen LogP contribution in [0.1, 0.15) is 28.8 Å². The zero-order chi connectivity index (χ0) is 22.5. The number of hydrogen-bond acceptors (Lipinski definition) is 6. The summed E-state index contributed by atoms with van der Waals surface area (Å²) in [5, 5.41) is 11.9. The summed E-state index contributed by atoms with van der Waals surface area (Å²) in [7, 11) is 0. The normalized spacial score (nSPS) is 18.0. The molecule has 1 N–H and O–H groups in total. The first-order valence-electron chi connectivity index (χ1n) is 10.6. The second-order valence-corrected chi connectivity index (χ2v) is 8.17. The van der Waals surface area contributed by atoms with Crippen molar-refractivity contribution in [1.82, 2.24) is 30.2 Å². The van der Waals surface area contributed by atoms with E-state index in [4.69, 9.17) is 0 Å². The fourth-order valence-corrected chi connectivity index (χ4v) is 4.51. The van der Waals surface area contributed by atoms with E-state index in [-0.39, 0.29) is 18.2 Å². The highest BCUT2D eigenvalue weighted by atomic mass is 16.2. The number of para-hydroxylation sites is 1. The molecule has 1 unspecified atom stereocenters. The van der Waals surface area contributed by atoms with Gasteiger partial charge in [0.1, 0.15) is 11.7 Å². The van der Waals surface area contributed by atoms with Crippen LogP contribution in [0.15, 0.2) is 60.9 Å². The summed E-state index contributed by atoms with van der Waals surface area (Å²) in [5.41, 5.74) is 4.46. The Balaban J connectivity index is 1.31. The van der Waals surface area contributed by atoms with E-state index in [2.05, 4.69) is 20.6 Å². The third-order valence-electron chi connectivity index (χ3n) is 6.18. The van der Waals surface area contributed by atoms with E-state index in [1.54, 1.807) is 16.9 Å². The van der Waals surface area contributed by atoms with Crippen LogP contribution in [-0.4, -0.2) is 48.6 Å². The van der Waals surface area contributed by atoms with E-state index >= 15 is 0 Å². The number of carbonyl (C=O) groups excluding carboxylic acids is 3. The van der Waals surface area contributed by atoms with Gasteiger partial charge in [-0.2, -0.15) is 0 Å². The van der Waals surface area contributed by atoms with Gasteiger partial charge in [0.05, 0.1) is 17.4 Å². The van der Waals surface area contributed by atoms with Gasteiger partial charge in [0.2, 0.25) is 11.8 Å². The third-order valence-corrected chi connectivity index (χ3v) is 6.18. The number of hydrogen-bond donors (Lipinski definition) is 1. The molecule has 1 atom stereocenters. The number of nitrogens with one attached hydrogen (secondary N) is 1. The molecule has 33 heavy (non-hydrogen) atoms. The lowest BCUT2D eigenvalue weighted by Gasteiger charge is -2.29. The predicted octanol–water partition coefficient (Wildman–Crippen LogP) is 2.24. The van der Waals surface area contributed by atoms with Crippen LogP contribution >= 0.6 is 0 Å². The Bertz CT molecular complexity index is 1450. The van der Waals surface area contributed by atoms with Gasteiger partial charge in [0.25, 0.3) is 5.91 Å². The van der Waals surface area contributed by atoms with Crippen LogP contribution in [0.5, 0.6) is 0 Å². The maximum Gasteiger partial charge on any atom is 0.255 e. The van der Waals surface area contributed by atoms with Crippen molar-refractivity contribution in [3.63, 3.8) is 0 Å². The number of piperidine rings is 1. The summed E-state index contributed by atoms with van der Waals surface area (Å²) in [4.78, 5) is 42.8. The highest BCUT2D eigenvalue weighted by Gasteiger charge is 2.39. The number of aromatic nitrogens is 4. The van der Waals surface area contributed by atoms with Gasteiger partial charge in [-0.05, 0) is 30.2 Å². The van der Waals surface area contributed by atoms with Gasteiger partial charge in [0, 0.05) is 35.7 Å². The molecular weight excluding hydrogens is 420 g/mol. The number of amides is 3. The van der Waals surface area contributed by atoms with Crippen molar-refractivity contribution >= 4 is 28.6 Å². The molecule has 0 radical (unpaired) electrons. The van der Waals surface area contributed by atoms with Crippen LogP contribution in [0.25, 0.3) is 27.8 Å². The van der Waals surface area contributed by atoms with E-state index in [1.165, 1.54) is 4.90 Å². The van der Waals surface area contributed by atoms with Crippen LogP contribution in [0.2, 0.25) is 0 Å². The lowest BCUT2D eigenvalue weighted by molar-refractivity contribution is -0.136. The number of fused-ring (bicyclic) bond motifs is 2. The molecule has 1 fully saturated rings. The van der Waals surface area contributed by atoms with E-state index in [0.717, 1.165) is 22.0 Å². The number of rotatable bonds is 3. The van der Waals surface area contributed by atoms with Gasteiger partial charge < -0.3 is 4.90 Å². The highest BCUT2D eigenvalue weighted by molar-refractivity contribution is 6.05. The molecule has 3 amide bonds. The molecule has 9 nitrogen and oxygen atoms in total. The van der Waals surface area contributed by atoms with Crippen molar-refractivity contribution in [2.45, 2.75) is 25.4 Å². The van der Waals surface area contributed by atoms with Crippen LogP contribution in [0, 0.1) is 0 Å². The smallest absolute Gasteiger partial charge is 0.255 e. The van der Waals surface area contributed by atoms with Gasteiger partial charge in [-0.1, -0.05) is 35.5 Å². The molecule has 1 saturated heterocycles. The molecule has 0 bridgehead atoms. The Labute approximate surface area is 188 Å². The third kappa shape index (κ3) is 3.16. The minimum absolute atomic E-state index is 0.222. The summed E-state index contributed by atoms with van der Waals surface area (Å²) in [6.45, 7) is 0.338. The largest absolute Gasteiger partial charge is 0.322 e. The molecule has 2 aromatic carbocycles. The molecule has 6 rings (SSSR count). The number of pyridine rings is 1. The molecule has 2 aliphatic heterocycles. The number of nitrogens with zero attached hydrogens (tertiary/aromatic N) is 5. The standard InChI is InChI=1S/C24H18N6O3/c31-21-9-8-20(23(32)26-21)29-12-15-6-7-16(11-18(15)24(29)33)30-13-19(27-28-30)17-5-1-3-14-4-2-10-25-22(14)17/h1-7,10-11,13,20H,8-9,12H2,(H,26,31,32). The van der Waals surface area contributed by atoms with Crippen molar-refractivity contribution in [2.24, 2.45) is 0 Å². The van der Waals surface area contributed by atoms with Crippen LogP contribution in [0.4, 0.5) is 0 Å². The topological polar surface area (TPSA) is 110 Å². The van der Waals surface area contributed by atoms with E-state index < -0.39 is 11.9 Å². The molecule has 0 spiro atoms. The number of carbonyl (C=O) groups is 3. The predicted molar refractivity (Wildman–Crippen MR) is 118 cm³/mol. The Hall–Kier alpha value is -4.40. The highest BCUT2D eigenvalue weighted by Crippen LogP contribution is 2.30. The second kappa shape index (κ2) is 7.33. The van der Waals surface area contributed by atoms with Crippen molar-refractivity contribution in [2.75, 3.05) is 0 Å². The summed E-state index contributed by atoms with van der Waals surface area (Å²) in [5.74, 6) is -0.941. The molecule has 2 aliphatic rings. The summed E-state index contributed by atoms with van der Waals surface area (Å²) < 4.78 is 1.62. The monoisotopic (exact) mass is 438 g/mol. The lowest BCUT2D eigenvalue weighted by atomic mass is 10.0. The molecule has 2 aromatic heterocycles. The van der Waals surface area contributed by atoms with Crippen molar-refractivity contribution in [1.29, 1.82) is 0 Å². The SMILES string of the molecule is O=C1CCC(N2Cc3ccc(-n4cc(-c5cccc6cccnc56)nn4)cc3C2=O)C(=O)N1. The second-order valence-electron chi connectivity index (χ2n) is 8.17. The molecule has 9 heteroatoms. The fraction of sp³-hybridized carbons (Fsp3) is 0.167. The Morgan fingerprint density at radius 3 is 2.76 bits per heavy atom. The van der Waals surface area contributed by atoms with E-state index in [0.29, 0.717) is 29.9 Å². The molecular formula is C24H18N6O3. The summed E-state index contributed by atoms with van der Waals surface area (Å²) in [6, 6.07) is 14.7. The van der Waals surface area contributed by atoms with Crippen molar-refractivity contribution in [3.8, 4) is 16.9 Å². The van der Waals surface area contributed by atoms with Gasteiger partial charge >= 0.3 is 0 Å². The van der Waals surface area contributed by atoms with E-state index in [1.807, 2.05) is 48.7 Å².